The molecule has 9 aromatic rings. The Kier molecular flexibility index (Phi) is 9.96. The molecule has 0 heterocycles. The van der Waals surface area contributed by atoms with E-state index in [2.05, 4.69) is 266 Å². The molecule has 0 saturated heterocycles. The van der Waals surface area contributed by atoms with Crippen molar-refractivity contribution in [3.05, 3.63) is 253 Å². The van der Waals surface area contributed by atoms with Crippen LogP contribution >= 0.6 is 0 Å². The van der Waals surface area contributed by atoms with Crippen molar-refractivity contribution in [1.29, 1.82) is 0 Å². The third-order valence-corrected chi connectivity index (χ3v) is 12.1. The van der Waals surface area contributed by atoms with E-state index in [1.165, 1.54) is 44.5 Å². The van der Waals surface area contributed by atoms with E-state index in [0.717, 1.165) is 45.3 Å². The van der Waals surface area contributed by atoms with Crippen molar-refractivity contribution in [2.75, 3.05) is 9.80 Å². The summed E-state index contributed by atoms with van der Waals surface area (Å²) in [6, 6.07) is 83.0. The summed E-state index contributed by atoms with van der Waals surface area (Å²) in [5.74, 6) is 0. The monoisotopic (exact) mass is 782 g/mol. The molecule has 0 unspecified atom stereocenters. The predicted octanol–water partition coefficient (Wildman–Crippen LogP) is 16.4. The molecule has 0 spiro atoms. The van der Waals surface area contributed by atoms with E-state index in [4.69, 9.17) is 0 Å². The number of anilines is 6. The average molecular weight is 783 g/mol. The lowest BCUT2D eigenvalue weighted by molar-refractivity contribution is 0.660. The summed E-state index contributed by atoms with van der Waals surface area (Å²) in [6.45, 7) is 4.69. The zero-order chi connectivity index (χ0) is 41.2. The van der Waals surface area contributed by atoms with E-state index in [0.29, 0.717) is 0 Å². The highest BCUT2D eigenvalue weighted by molar-refractivity contribution is 5.87. The molecule has 2 nitrogen and oxygen atoms in total. The van der Waals surface area contributed by atoms with Crippen LogP contribution in [0.25, 0.3) is 45.5 Å². The smallest absolute Gasteiger partial charge is 0.0465 e. The van der Waals surface area contributed by atoms with Gasteiger partial charge < -0.3 is 9.80 Å². The van der Waals surface area contributed by atoms with Gasteiger partial charge >= 0.3 is 0 Å². The number of nitrogens with zero attached hydrogens (tertiary/aromatic N) is 2. The quantitative estimate of drug-likeness (QED) is 0.128. The van der Waals surface area contributed by atoms with Crippen LogP contribution in [0.15, 0.2) is 231 Å². The van der Waals surface area contributed by atoms with E-state index < -0.39 is 0 Å². The Labute approximate surface area is 360 Å². The van der Waals surface area contributed by atoms with Gasteiger partial charge in [0.25, 0.3) is 0 Å². The van der Waals surface area contributed by atoms with Crippen LogP contribution in [-0.4, -0.2) is 0 Å². The molecule has 0 radical (unpaired) electrons. The molecule has 10 rings (SSSR count). The third kappa shape index (κ3) is 7.45. The third-order valence-electron chi connectivity index (χ3n) is 12.1. The van der Waals surface area contributed by atoms with Crippen LogP contribution in [0.1, 0.15) is 36.1 Å². The van der Waals surface area contributed by atoms with Crippen molar-refractivity contribution in [2.24, 2.45) is 0 Å². The molecule has 292 valence electrons. The Morgan fingerprint density at radius 3 is 1.16 bits per heavy atom. The number of fused-ring (bicyclic) bond motifs is 3. The molecule has 1 aliphatic carbocycles. The average Bonchev–Trinajstić information content (AvgIpc) is 3.55. The van der Waals surface area contributed by atoms with Crippen molar-refractivity contribution in [1.82, 2.24) is 0 Å². The van der Waals surface area contributed by atoms with Gasteiger partial charge in [-0.05, 0) is 128 Å². The molecule has 1 aliphatic rings. The van der Waals surface area contributed by atoms with Gasteiger partial charge in [-0.2, -0.15) is 0 Å². The first kappa shape index (κ1) is 37.6. The minimum Gasteiger partial charge on any atom is -0.311 e. The lowest BCUT2D eigenvalue weighted by Crippen LogP contribution is -2.16. The molecule has 0 bridgehead atoms. The van der Waals surface area contributed by atoms with Gasteiger partial charge in [0.1, 0.15) is 0 Å². The fraction of sp³-hybridized carbons (Fsp3) is 0.0508. The van der Waals surface area contributed by atoms with E-state index in [1.54, 1.807) is 0 Å². The van der Waals surface area contributed by atoms with Gasteiger partial charge in [0.05, 0.1) is 0 Å². The van der Waals surface area contributed by atoms with Crippen LogP contribution in [0.4, 0.5) is 34.1 Å². The zero-order valence-corrected chi connectivity index (χ0v) is 34.5. The summed E-state index contributed by atoms with van der Waals surface area (Å²) < 4.78 is 0. The second-order valence-corrected chi connectivity index (χ2v) is 16.2. The summed E-state index contributed by atoms with van der Waals surface area (Å²) >= 11 is 0. The van der Waals surface area contributed by atoms with E-state index in [9.17, 15) is 0 Å². The van der Waals surface area contributed by atoms with Crippen LogP contribution in [0.5, 0.6) is 0 Å². The molecule has 0 aromatic heterocycles. The maximum atomic E-state index is 2.40. The van der Waals surface area contributed by atoms with E-state index >= 15 is 0 Å². The Bertz CT molecular complexity index is 2890. The van der Waals surface area contributed by atoms with Crippen molar-refractivity contribution >= 4 is 46.3 Å². The standard InChI is InChI=1S/C59H46N2/c1-59(2)57-21-13-12-20-55(57)56-41-40-54(42-58(56)59)61(52-36-30-47(31-37-52)45-14-6-3-7-15-45)53-38-32-48(33-39-53)46-28-24-43(25-29-46)22-23-44-26-34-51(35-27-44)60(49-16-8-4-9-17-49)50-18-10-5-11-19-50/h3-42H,1-2H3/b23-22+. The molecule has 2 heteroatoms. The van der Waals surface area contributed by atoms with Crippen LogP contribution in [0.3, 0.4) is 0 Å². The van der Waals surface area contributed by atoms with Gasteiger partial charge in [-0.3, -0.25) is 0 Å². The molecule has 61 heavy (non-hydrogen) atoms. The second kappa shape index (κ2) is 16.2. The van der Waals surface area contributed by atoms with E-state index in [-0.39, 0.29) is 5.41 Å². The van der Waals surface area contributed by atoms with Crippen LogP contribution in [-0.2, 0) is 5.41 Å². The summed E-state index contributed by atoms with van der Waals surface area (Å²) in [5.41, 5.74) is 19.2. The van der Waals surface area contributed by atoms with Crippen LogP contribution in [0.2, 0.25) is 0 Å². The normalized spacial score (nSPS) is 12.5. The summed E-state index contributed by atoms with van der Waals surface area (Å²) in [5, 5.41) is 0. The largest absolute Gasteiger partial charge is 0.311 e. The molecule has 0 saturated carbocycles. The topological polar surface area (TPSA) is 6.48 Å². The Morgan fingerprint density at radius 1 is 0.295 bits per heavy atom. The van der Waals surface area contributed by atoms with Gasteiger partial charge in [-0.15, -0.1) is 0 Å². The fourth-order valence-electron chi connectivity index (χ4n) is 8.83. The maximum absolute atomic E-state index is 2.40. The number of hydrogen-bond acceptors (Lipinski definition) is 2. The van der Waals surface area contributed by atoms with Crippen molar-refractivity contribution < 1.29 is 0 Å². The molecule has 0 amide bonds. The lowest BCUT2D eigenvalue weighted by atomic mass is 9.82. The van der Waals surface area contributed by atoms with Gasteiger partial charge in [-0.1, -0.05) is 184 Å². The van der Waals surface area contributed by atoms with Crippen LogP contribution in [0, 0.1) is 0 Å². The number of rotatable bonds is 10. The highest BCUT2D eigenvalue weighted by atomic mass is 15.1. The maximum Gasteiger partial charge on any atom is 0.0465 e. The predicted molar refractivity (Wildman–Crippen MR) is 260 cm³/mol. The Balaban J connectivity index is 0.902. The molecule has 0 N–H and O–H groups in total. The van der Waals surface area contributed by atoms with Gasteiger partial charge in [-0.25, -0.2) is 0 Å². The van der Waals surface area contributed by atoms with Crippen LogP contribution < -0.4 is 9.80 Å². The molecule has 0 aliphatic heterocycles. The highest BCUT2D eigenvalue weighted by Gasteiger charge is 2.35. The zero-order valence-electron chi connectivity index (χ0n) is 34.5. The van der Waals surface area contributed by atoms with E-state index in [1.807, 2.05) is 0 Å². The Morgan fingerprint density at radius 2 is 0.639 bits per heavy atom. The lowest BCUT2D eigenvalue weighted by Gasteiger charge is -2.28. The number of para-hydroxylation sites is 2. The number of benzene rings is 9. The summed E-state index contributed by atoms with van der Waals surface area (Å²) in [4.78, 5) is 4.67. The number of hydrogen-bond donors (Lipinski definition) is 0. The molecular weight excluding hydrogens is 737 g/mol. The first-order valence-electron chi connectivity index (χ1n) is 21.1. The van der Waals surface area contributed by atoms with Crippen molar-refractivity contribution in [2.45, 2.75) is 19.3 Å². The minimum absolute atomic E-state index is 0.0897. The first-order chi connectivity index (χ1) is 30.0. The van der Waals surface area contributed by atoms with Crippen molar-refractivity contribution in [3.8, 4) is 33.4 Å². The fourth-order valence-corrected chi connectivity index (χ4v) is 8.83. The van der Waals surface area contributed by atoms with Gasteiger partial charge in [0, 0.05) is 39.5 Å². The minimum atomic E-state index is -0.0897. The molecule has 0 atom stereocenters. The first-order valence-corrected chi connectivity index (χ1v) is 21.1. The summed E-state index contributed by atoms with van der Waals surface area (Å²) in [6.07, 6.45) is 4.37. The Hall–Kier alpha value is -7.68. The second-order valence-electron chi connectivity index (χ2n) is 16.2. The van der Waals surface area contributed by atoms with Gasteiger partial charge in [0.2, 0.25) is 0 Å². The highest BCUT2D eigenvalue weighted by Crippen LogP contribution is 2.50. The molecule has 0 fully saturated rings. The molecular formula is C59H46N2. The van der Waals surface area contributed by atoms with Gasteiger partial charge in [0.15, 0.2) is 0 Å². The SMILES string of the molecule is CC1(C)c2ccccc2-c2ccc(N(c3ccc(-c4ccccc4)cc3)c3ccc(-c4ccc(/C=C/c5ccc(N(c6ccccc6)c6ccccc6)cc5)cc4)cc3)cc21. The summed E-state index contributed by atoms with van der Waals surface area (Å²) in [7, 11) is 0. The molecule has 9 aromatic carbocycles. The van der Waals surface area contributed by atoms with Crippen molar-refractivity contribution in [3.63, 3.8) is 0 Å².